The molecular formula is C17H38N3Sn. The third-order valence-corrected chi connectivity index (χ3v) is 16.5. The molecule has 0 aromatic heterocycles. The Morgan fingerprint density at radius 2 is 1.19 bits per heavy atom. The summed E-state index contributed by atoms with van der Waals surface area (Å²) in [7, 11) is 0. The molecule has 125 valence electrons. The molecule has 1 saturated heterocycles. The van der Waals surface area contributed by atoms with Crippen LogP contribution in [0.25, 0.3) is 0 Å². The van der Waals surface area contributed by atoms with Crippen molar-refractivity contribution in [2.24, 2.45) is 0 Å². The van der Waals surface area contributed by atoms with Crippen LogP contribution in [0, 0.1) is 0 Å². The van der Waals surface area contributed by atoms with Crippen LogP contribution in [0.2, 0.25) is 0 Å². The second-order valence-corrected chi connectivity index (χ2v) is 14.9. The Kier molecular flexibility index (Phi) is 6.25. The molecule has 0 atom stereocenters. The molecule has 0 aromatic carbocycles. The van der Waals surface area contributed by atoms with E-state index < -0.39 is 20.6 Å². The molecule has 0 aromatic rings. The van der Waals surface area contributed by atoms with E-state index in [-0.39, 0.29) is 5.54 Å². The topological polar surface area (TPSA) is 9.72 Å². The first-order valence-corrected chi connectivity index (χ1v) is 12.4. The Bertz CT molecular complexity index is 324. The van der Waals surface area contributed by atoms with Crippen LogP contribution < -0.4 is 0 Å². The minimum absolute atomic E-state index is 0.272. The van der Waals surface area contributed by atoms with Crippen molar-refractivity contribution in [2.45, 2.75) is 98.7 Å². The first-order valence-electron chi connectivity index (χ1n) is 8.62. The normalized spacial score (nSPS) is 20.1. The van der Waals surface area contributed by atoms with E-state index in [2.05, 4.69) is 78.6 Å². The van der Waals surface area contributed by atoms with Gasteiger partial charge in [0.15, 0.2) is 0 Å². The average molecular weight is 403 g/mol. The van der Waals surface area contributed by atoms with Crippen molar-refractivity contribution in [1.29, 1.82) is 0 Å². The third-order valence-electron chi connectivity index (χ3n) is 5.32. The van der Waals surface area contributed by atoms with Gasteiger partial charge in [0.05, 0.1) is 0 Å². The van der Waals surface area contributed by atoms with Crippen molar-refractivity contribution >= 4 is 20.6 Å². The van der Waals surface area contributed by atoms with Crippen molar-refractivity contribution in [2.75, 3.05) is 13.2 Å². The van der Waals surface area contributed by atoms with Gasteiger partial charge < -0.3 is 0 Å². The first kappa shape index (κ1) is 19.7. The van der Waals surface area contributed by atoms with Gasteiger partial charge in [0, 0.05) is 0 Å². The molecule has 1 rings (SSSR count). The SMILES string of the molecule is CC[N]([Sn]1[N](C(C)(C)CC)C[N]1C(C)(C)CC)C(C)(C)C. The van der Waals surface area contributed by atoms with E-state index in [0.717, 1.165) is 0 Å². The summed E-state index contributed by atoms with van der Waals surface area (Å²) >= 11 is -1.95. The van der Waals surface area contributed by atoms with Gasteiger partial charge in [-0.25, -0.2) is 0 Å². The number of nitrogens with zero attached hydrogens (tertiary/aromatic N) is 3. The van der Waals surface area contributed by atoms with Crippen LogP contribution in [0.1, 0.15) is 82.1 Å². The number of hydrogen-bond acceptors (Lipinski definition) is 3. The third kappa shape index (κ3) is 3.96. The summed E-state index contributed by atoms with van der Waals surface area (Å²) in [6, 6.07) is 0. The van der Waals surface area contributed by atoms with Crippen LogP contribution in [0.3, 0.4) is 0 Å². The maximum atomic E-state index is 2.88. The van der Waals surface area contributed by atoms with Crippen LogP contribution in [0.15, 0.2) is 0 Å². The van der Waals surface area contributed by atoms with Gasteiger partial charge in [-0.2, -0.15) is 0 Å². The predicted octanol–water partition coefficient (Wildman–Crippen LogP) is 4.04. The van der Waals surface area contributed by atoms with Gasteiger partial charge >= 0.3 is 142 Å². The quantitative estimate of drug-likeness (QED) is 0.620. The van der Waals surface area contributed by atoms with E-state index in [1.807, 2.05) is 0 Å². The summed E-state index contributed by atoms with van der Waals surface area (Å²) in [4.78, 5) is 0. The molecule has 21 heavy (non-hydrogen) atoms. The van der Waals surface area contributed by atoms with Crippen molar-refractivity contribution in [3.05, 3.63) is 0 Å². The summed E-state index contributed by atoms with van der Waals surface area (Å²) in [6.45, 7) is 26.2. The van der Waals surface area contributed by atoms with Gasteiger partial charge in [-0.1, -0.05) is 0 Å². The first-order chi connectivity index (χ1) is 9.42. The molecule has 1 radical (unpaired) electrons. The zero-order valence-corrected chi connectivity index (χ0v) is 19.0. The molecule has 0 amide bonds. The van der Waals surface area contributed by atoms with E-state index in [4.69, 9.17) is 0 Å². The fourth-order valence-corrected chi connectivity index (χ4v) is 12.7. The standard InChI is InChI=1S/C11H24N2.C6H14N.Sn/c1-7-10(3,4)12-9-13-11(5,6)8-2;1-5-7-6(2,3)4;/h7-9H2,1-6H3;5H2,1-4H3;/q-2;-1;+3. The number of rotatable bonds is 6. The van der Waals surface area contributed by atoms with Gasteiger partial charge in [-0.05, 0) is 0 Å². The molecule has 0 saturated carbocycles. The van der Waals surface area contributed by atoms with Crippen molar-refractivity contribution in [3.63, 3.8) is 0 Å². The van der Waals surface area contributed by atoms with E-state index >= 15 is 0 Å². The van der Waals surface area contributed by atoms with Crippen molar-refractivity contribution in [1.82, 2.24) is 9.36 Å². The molecule has 0 spiro atoms. The predicted molar refractivity (Wildman–Crippen MR) is 95.2 cm³/mol. The minimum atomic E-state index is -1.95. The van der Waals surface area contributed by atoms with Crippen LogP contribution in [0.4, 0.5) is 0 Å². The molecule has 1 aliphatic heterocycles. The van der Waals surface area contributed by atoms with E-state index in [1.165, 1.54) is 26.1 Å². The molecule has 0 bridgehead atoms. The van der Waals surface area contributed by atoms with Gasteiger partial charge in [-0.3, -0.25) is 0 Å². The van der Waals surface area contributed by atoms with Crippen molar-refractivity contribution in [3.8, 4) is 0 Å². The van der Waals surface area contributed by atoms with Crippen LogP contribution in [-0.4, -0.2) is 59.8 Å². The van der Waals surface area contributed by atoms with Crippen LogP contribution in [0.5, 0.6) is 0 Å². The molecule has 0 N–H and O–H groups in total. The molecule has 1 heterocycles. The summed E-state index contributed by atoms with van der Waals surface area (Å²) in [5.74, 6) is 0. The van der Waals surface area contributed by atoms with Gasteiger partial charge in [0.1, 0.15) is 0 Å². The second kappa shape index (κ2) is 6.66. The number of hydrogen-bond donors (Lipinski definition) is 0. The van der Waals surface area contributed by atoms with Crippen LogP contribution >= 0.6 is 0 Å². The summed E-state index contributed by atoms with van der Waals surface area (Å²) < 4.78 is 8.59. The second-order valence-electron chi connectivity index (χ2n) is 8.54. The monoisotopic (exact) mass is 404 g/mol. The molecule has 0 unspecified atom stereocenters. The summed E-state index contributed by atoms with van der Waals surface area (Å²) in [6.07, 6.45) is 2.47. The Labute approximate surface area is 141 Å². The Balaban J connectivity index is 3.13. The van der Waals surface area contributed by atoms with Crippen molar-refractivity contribution < 1.29 is 0 Å². The molecule has 0 aliphatic carbocycles. The zero-order valence-electron chi connectivity index (χ0n) is 16.2. The van der Waals surface area contributed by atoms with E-state index in [1.54, 1.807) is 0 Å². The molecule has 3 nitrogen and oxygen atoms in total. The Hall–Kier alpha value is 0.679. The fourth-order valence-electron chi connectivity index (χ4n) is 2.85. The van der Waals surface area contributed by atoms with Gasteiger partial charge in [0.2, 0.25) is 0 Å². The summed E-state index contributed by atoms with van der Waals surface area (Å²) in [5, 5.41) is 0. The summed E-state index contributed by atoms with van der Waals surface area (Å²) in [5.41, 5.74) is 0.954. The van der Waals surface area contributed by atoms with Gasteiger partial charge in [-0.15, -0.1) is 0 Å². The fraction of sp³-hybridized carbons (Fsp3) is 1.00. The molecular weight excluding hydrogens is 365 g/mol. The zero-order chi connectivity index (χ0) is 16.6. The molecule has 1 fully saturated rings. The molecule has 1 aliphatic rings. The Morgan fingerprint density at radius 3 is 1.43 bits per heavy atom. The Morgan fingerprint density at radius 1 is 0.810 bits per heavy atom. The van der Waals surface area contributed by atoms with Gasteiger partial charge in [0.25, 0.3) is 0 Å². The maximum absolute atomic E-state index is 2.88. The van der Waals surface area contributed by atoms with Crippen LogP contribution in [-0.2, 0) is 0 Å². The van der Waals surface area contributed by atoms with E-state index in [0.29, 0.717) is 11.1 Å². The average Bonchev–Trinajstić information content (AvgIpc) is 2.32. The van der Waals surface area contributed by atoms with E-state index in [9.17, 15) is 0 Å². The molecule has 4 heteroatoms.